The maximum absolute atomic E-state index is 12.5. The zero-order chi connectivity index (χ0) is 11.8. The van der Waals surface area contributed by atoms with Crippen molar-refractivity contribution >= 4 is 11.5 Å². The first-order valence-electron chi connectivity index (χ1n) is 4.18. The predicted octanol–water partition coefficient (Wildman–Crippen LogP) is 2.93. The van der Waals surface area contributed by atoms with Gasteiger partial charge in [0, 0.05) is 5.56 Å². The lowest BCUT2D eigenvalue weighted by molar-refractivity contribution is -0.134. The van der Waals surface area contributed by atoms with Crippen LogP contribution < -0.4 is 0 Å². The summed E-state index contributed by atoms with van der Waals surface area (Å²) in [5.74, 6) is -0.249. The molecule has 0 amide bonds. The third kappa shape index (κ3) is 1.85. The van der Waals surface area contributed by atoms with E-state index in [1.807, 2.05) is 0 Å². The van der Waals surface area contributed by atoms with Crippen molar-refractivity contribution in [1.82, 2.24) is 9.59 Å². The molecular formula is C9H5F3N2OS. The molecule has 0 aliphatic heterocycles. The van der Waals surface area contributed by atoms with Gasteiger partial charge in [-0.3, -0.25) is 0 Å². The molecule has 0 fully saturated rings. The van der Waals surface area contributed by atoms with Gasteiger partial charge in [-0.15, -0.1) is 5.10 Å². The van der Waals surface area contributed by atoms with E-state index in [1.165, 1.54) is 24.3 Å². The molecule has 0 aliphatic rings. The summed E-state index contributed by atoms with van der Waals surface area (Å²) >= 11 is 0.263. The summed E-state index contributed by atoms with van der Waals surface area (Å²) in [5, 5.41) is 12.8. The summed E-state index contributed by atoms with van der Waals surface area (Å²) in [7, 11) is 0. The molecule has 1 aromatic carbocycles. The highest BCUT2D eigenvalue weighted by atomic mass is 32.1. The van der Waals surface area contributed by atoms with Crippen LogP contribution in [-0.2, 0) is 6.18 Å². The summed E-state index contributed by atoms with van der Waals surface area (Å²) < 4.78 is 40.9. The zero-order valence-electron chi connectivity index (χ0n) is 7.69. The number of nitrogens with zero attached hydrogens (tertiary/aromatic N) is 2. The molecule has 1 N–H and O–H groups in total. The Bertz CT molecular complexity index is 509. The van der Waals surface area contributed by atoms with Gasteiger partial charge >= 0.3 is 6.18 Å². The molecule has 1 aromatic heterocycles. The molecule has 84 valence electrons. The summed E-state index contributed by atoms with van der Waals surface area (Å²) in [6, 6.07) is 5.70. The summed E-state index contributed by atoms with van der Waals surface area (Å²) in [6.45, 7) is 0. The first kappa shape index (κ1) is 10.9. The number of aromatic nitrogens is 2. The molecular weight excluding hydrogens is 241 g/mol. The van der Waals surface area contributed by atoms with Crippen LogP contribution >= 0.6 is 11.5 Å². The second kappa shape index (κ2) is 3.75. The van der Waals surface area contributed by atoms with E-state index >= 15 is 0 Å². The van der Waals surface area contributed by atoms with Gasteiger partial charge in [0.25, 0.3) is 0 Å². The van der Waals surface area contributed by atoms with Gasteiger partial charge in [0.15, 0.2) is 4.88 Å². The minimum atomic E-state index is -4.51. The van der Waals surface area contributed by atoms with Crippen LogP contribution in [0.25, 0.3) is 11.3 Å². The predicted molar refractivity (Wildman–Crippen MR) is 52.0 cm³/mol. The van der Waals surface area contributed by atoms with Gasteiger partial charge in [-0.25, -0.2) is 0 Å². The highest BCUT2D eigenvalue weighted by molar-refractivity contribution is 7.06. The number of benzene rings is 1. The van der Waals surface area contributed by atoms with E-state index in [9.17, 15) is 18.3 Å². The third-order valence-corrected chi connectivity index (χ3v) is 2.68. The number of alkyl halides is 3. The summed E-state index contributed by atoms with van der Waals surface area (Å²) in [5.41, 5.74) is -0.306. The van der Waals surface area contributed by atoms with Crippen LogP contribution in [0.2, 0.25) is 0 Å². The summed E-state index contributed by atoms with van der Waals surface area (Å²) in [4.78, 5) is -0.908. The number of phenolic OH excluding ortho intramolecular Hbond substituents is 1. The van der Waals surface area contributed by atoms with Crippen LogP contribution in [-0.4, -0.2) is 14.7 Å². The number of hydrogen-bond acceptors (Lipinski definition) is 4. The van der Waals surface area contributed by atoms with Crippen molar-refractivity contribution in [1.29, 1.82) is 0 Å². The van der Waals surface area contributed by atoms with Gasteiger partial charge in [-0.05, 0) is 23.7 Å². The number of para-hydroxylation sites is 1. The molecule has 2 aromatic rings. The number of phenols is 1. The van der Waals surface area contributed by atoms with Crippen LogP contribution in [0.1, 0.15) is 4.88 Å². The number of rotatable bonds is 1. The highest BCUT2D eigenvalue weighted by Gasteiger charge is 2.37. The zero-order valence-corrected chi connectivity index (χ0v) is 8.51. The molecule has 0 spiro atoms. The van der Waals surface area contributed by atoms with Crippen molar-refractivity contribution < 1.29 is 18.3 Å². The topological polar surface area (TPSA) is 46.0 Å². The van der Waals surface area contributed by atoms with Crippen molar-refractivity contribution in [3.8, 4) is 17.0 Å². The van der Waals surface area contributed by atoms with Crippen molar-refractivity contribution in [2.24, 2.45) is 0 Å². The number of halogens is 3. The number of hydrogen-bond donors (Lipinski definition) is 1. The van der Waals surface area contributed by atoms with Crippen molar-refractivity contribution in [2.45, 2.75) is 6.18 Å². The maximum Gasteiger partial charge on any atom is 0.429 e. The average molecular weight is 246 g/mol. The molecule has 2 rings (SSSR count). The molecule has 3 nitrogen and oxygen atoms in total. The Hall–Kier alpha value is -1.63. The standard InChI is InChI=1S/C9H5F3N2OS/c10-9(11,12)8-7(13-14-16-8)5-3-1-2-4-6(5)15/h1-4,15H. The second-order valence-corrected chi connectivity index (χ2v) is 3.72. The first-order chi connectivity index (χ1) is 7.50. The smallest absolute Gasteiger partial charge is 0.429 e. The molecule has 0 saturated carbocycles. The SMILES string of the molecule is Oc1ccccc1-c1nnsc1C(F)(F)F. The Morgan fingerprint density at radius 2 is 1.88 bits per heavy atom. The van der Waals surface area contributed by atoms with Gasteiger partial charge < -0.3 is 5.11 Å². The van der Waals surface area contributed by atoms with Crippen LogP contribution in [0.15, 0.2) is 24.3 Å². The molecule has 0 atom stereocenters. The van der Waals surface area contributed by atoms with Gasteiger partial charge in [0.05, 0.1) is 0 Å². The third-order valence-electron chi connectivity index (χ3n) is 1.90. The molecule has 0 radical (unpaired) electrons. The van der Waals surface area contributed by atoms with Crippen LogP contribution in [0, 0.1) is 0 Å². The van der Waals surface area contributed by atoms with E-state index in [2.05, 4.69) is 9.59 Å². The average Bonchev–Trinajstić information content (AvgIpc) is 2.66. The summed E-state index contributed by atoms with van der Waals surface area (Å²) in [6.07, 6.45) is -4.51. The molecule has 0 saturated heterocycles. The molecule has 16 heavy (non-hydrogen) atoms. The van der Waals surface area contributed by atoms with E-state index < -0.39 is 11.1 Å². The minimum Gasteiger partial charge on any atom is -0.507 e. The quantitative estimate of drug-likeness (QED) is 0.841. The van der Waals surface area contributed by atoms with Crippen molar-refractivity contribution in [3.05, 3.63) is 29.1 Å². The molecule has 0 unspecified atom stereocenters. The fourth-order valence-electron chi connectivity index (χ4n) is 1.23. The molecule has 0 aliphatic carbocycles. The monoisotopic (exact) mass is 246 g/mol. The Kier molecular flexibility index (Phi) is 2.55. The molecule has 7 heteroatoms. The van der Waals surface area contributed by atoms with E-state index in [-0.39, 0.29) is 28.5 Å². The number of aromatic hydroxyl groups is 1. The lowest BCUT2D eigenvalue weighted by Gasteiger charge is -2.06. The Morgan fingerprint density at radius 1 is 1.19 bits per heavy atom. The Balaban J connectivity index is 2.58. The second-order valence-electron chi connectivity index (χ2n) is 2.97. The maximum atomic E-state index is 12.5. The molecule has 0 bridgehead atoms. The minimum absolute atomic E-state index is 0.0311. The van der Waals surface area contributed by atoms with Gasteiger partial charge in [-0.1, -0.05) is 16.6 Å². The van der Waals surface area contributed by atoms with Crippen LogP contribution in [0.5, 0.6) is 5.75 Å². The van der Waals surface area contributed by atoms with Crippen LogP contribution in [0.4, 0.5) is 13.2 Å². The van der Waals surface area contributed by atoms with Crippen molar-refractivity contribution in [2.75, 3.05) is 0 Å². The van der Waals surface area contributed by atoms with Crippen LogP contribution in [0.3, 0.4) is 0 Å². The Labute approximate surface area is 92.3 Å². The lowest BCUT2D eigenvalue weighted by Crippen LogP contribution is -2.04. The van der Waals surface area contributed by atoms with E-state index in [0.29, 0.717) is 0 Å². The van der Waals surface area contributed by atoms with Gasteiger partial charge in [-0.2, -0.15) is 13.2 Å². The lowest BCUT2D eigenvalue weighted by atomic mass is 10.1. The largest absolute Gasteiger partial charge is 0.507 e. The fraction of sp³-hybridized carbons (Fsp3) is 0.111. The van der Waals surface area contributed by atoms with E-state index in [0.717, 1.165) is 0 Å². The van der Waals surface area contributed by atoms with E-state index in [1.54, 1.807) is 0 Å². The van der Waals surface area contributed by atoms with E-state index in [4.69, 9.17) is 0 Å². The first-order valence-corrected chi connectivity index (χ1v) is 4.95. The fourth-order valence-corrected chi connectivity index (χ4v) is 1.77. The van der Waals surface area contributed by atoms with Crippen molar-refractivity contribution in [3.63, 3.8) is 0 Å². The normalized spacial score (nSPS) is 11.7. The van der Waals surface area contributed by atoms with Gasteiger partial charge in [0.2, 0.25) is 0 Å². The molecule has 1 heterocycles. The highest BCUT2D eigenvalue weighted by Crippen LogP contribution is 2.40. The van der Waals surface area contributed by atoms with Gasteiger partial charge in [0.1, 0.15) is 11.4 Å². The Morgan fingerprint density at radius 3 is 2.50 bits per heavy atom.